The summed E-state index contributed by atoms with van der Waals surface area (Å²) in [5.41, 5.74) is -0.985. The third-order valence-electron chi connectivity index (χ3n) is 4.87. The number of hydrogen-bond donors (Lipinski definition) is 1. The summed E-state index contributed by atoms with van der Waals surface area (Å²) in [6.07, 6.45) is -4.37. The lowest BCUT2D eigenvalue weighted by atomic mass is 10.1. The standard InChI is InChI=1S/C19H18BrClF3N3O4S/c1-31-17-9-11(8-16(21)25-17)18(28)27-6-4-13(5-7-27)26-32(29,30)15-3-2-12(20)10-14(15)19(22,23)24/h2-3,8-10,13,26H,4-7H2,1H3. The van der Waals surface area contributed by atoms with Gasteiger partial charge in [0.05, 0.1) is 17.6 Å². The number of piperidine rings is 1. The molecule has 1 aromatic heterocycles. The predicted molar refractivity (Wildman–Crippen MR) is 114 cm³/mol. The molecule has 1 fully saturated rings. The van der Waals surface area contributed by atoms with E-state index in [-0.39, 0.29) is 52.9 Å². The number of nitrogens with one attached hydrogen (secondary N) is 1. The molecule has 1 aliphatic rings. The van der Waals surface area contributed by atoms with Crippen LogP contribution in [0.1, 0.15) is 28.8 Å². The maximum absolute atomic E-state index is 13.3. The molecule has 174 valence electrons. The van der Waals surface area contributed by atoms with Gasteiger partial charge in [-0.25, -0.2) is 18.1 Å². The van der Waals surface area contributed by atoms with E-state index >= 15 is 0 Å². The number of likely N-dealkylation sites (tertiary alicyclic amines) is 1. The molecule has 0 bridgehead atoms. The topological polar surface area (TPSA) is 88.6 Å². The highest BCUT2D eigenvalue weighted by Gasteiger charge is 2.38. The first-order valence-electron chi connectivity index (χ1n) is 9.30. The van der Waals surface area contributed by atoms with Crippen molar-refractivity contribution < 1.29 is 31.1 Å². The summed E-state index contributed by atoms with van der Waals surface area (Å²) in [4.78, 5) is 17.3. The molecule has 0 saturated carbocycles. The van der Waals surface area contributed by atoms with Gasteiger partial charge in [0.2, 0.25) is 15.9 Å². The van der Waals surface area contributed by atoms with Gasteiger partial charge in [-0.2, -0.15) is 13.2 Å². The highest BCUT2D eigenvalue weighted by molar-refractivity contribution is 9.10. The minimum Gasteiger partial charge on any atom is -0.481 e. The number of aromatic nitrogens is 1. The Hall–Kier alpha value is -1.89. The van der Waals surface area contributed by atoms with Crippen LogP contribution < -0.4 is 9.46 Å². The second-order valence-electron chi connectivity index (χ2n) is 7.05. The maximum Gasteiger partial charge on any atom is 0.417 e. The third-order valence-corrected chi connectivity index (χ3v) is 7.13. The number of amides is 1. The molecule has 13 heteroatoms. The number of halogens is 5. The van der Waals surface area contributed by atoms with Gasteiger partial charge < -0.3 is 9.64 Å². The Kier molecular flexibility index (Phi) is 7.38. The van der Waals surface area contributed by atoms with Gasteiger partial charge in [0.25, 0.3) is 5.91 Å². The first-order chi connectivity index (χ1) is 14.9. The summed E-state index contributed by atoms with van der Waals surface area (Å²) in [7, 11) is -3.04. The number of methoxy groups -OCH3 is 1. The number of pyridine rings is 1. The van der Waals surface area contributed by atoms with E-state index in [1.807, 2.05) is 0 Å². The van der Waals surface area contributed by atoms with Gasteiger partial charge in [0.1, 0.15) is 5.15 Å². The molecular formula is C19H18BrClF3N3O4S. The minimum absolute atomic E-state index is 0.0883. The normalized spacial score (nSPS) is 15.6. The Morgan fingerprint density at radius 3 is 2.50 bits per heavy atom. The SMILES string of the molecule is COc1cc(C(=O)N2CCC(NS(=O)(=O)c3ccc(Br)cc3C(F)(F)F)CC2)cc(Cl)n1. The van der Waals surface area contributed by atoms with E-state index in [2.05, 4.69) is 25.6 Å². The number of hydrogen-bond acceptors (Lipinski definition) is 5. The summed E-state index contributed by atoms with van der Waals surface area (Å²) < 4.78 is 72.8. The van der Waals surface area contributed by atoms with Gasteiger partial charge in [-0.3, -0.25) is 4.79 Å². The van der Waals surface area contributed by atoms with Crippen molar-refractivity contribution in [1.82, 2.24) is 14.6 Å². The molecule has 2 aromatic rings. The van der Waals surface area contributed by atoms with Crippen molar-refractivity contribution in [3.8, 4) is 5.88 Å². The number of ether oxygens (including phenoxy) is 1. The van der Waals surface area contributed by atoms with E-state index in [1.54, 1.807) is 0 Å². The number of sulfonamides is 1. The van der Waals surface area contributed by atoms with Crippen molar-refractivity contribution >= 4 is 43.5 Å². The van der Waals surface area contributed by atoms with E-state index in [1.165, 1.54) is 30.2 Å². The van der Waals surface area contributed by atoms with Crippen LogP contribution in [0.4, 0.5) is 13.2 Å². The summed E-state index contributed by atoms with van der Waals surface area (Å²) >= 11 is 8.83. The molecule has 0 aliphatic carbocycles. The smallest absolute Gasteiger partial charge is 0.417 e. The Morgan fingerprint density at radius 2 is 1.91 bits per heavy atom. The molecular weight excluding hydrogens is 539 g/mol. The molecule has 0 radical (unpaired) electrons. The minimum atomic E-state index is -4.84. The fourth-order valence-electron chi connectivity index (χ4n) is 3.32. The molecule has 0 spiro atoms. The van der Waals surface area contributed by atoms with Crippen LogP contribution in [0.5, 0.6) is 5.88 Å². The lowest BCUT2D eigenvalue weighted by Crippen LogP contribution is -2.46. The molecule has 32 heavy (non-hydrogen) atoms. The van der Waals surface area contributed by atoms with Gasteiger partial charge in [-0.1, -0.05) is 27.5 Å². The average molecular weight is 557 g/mol. The second-order valence-corrected chi connectivity index (χ2v) is 10.0. The van der Waals surface area contributed by atoms with Gasteiger partial charge in [0.15, 0.2) is 0 Å². The number of alkyl halides is 3. The number of nitrogens with zero attached hydrogens (tertiary/aromatic N) is 2. The van der Waals surface area contributed by atoms with E-state index < -0.39 is 32.7 Å². The lowest BCUT2D eigenvalue weighted by molar-refractivity contribution is -0.139. The van der Waals surface area contributed by atoms with Crippen LogP contribution in [0.15, 0.2) is 39.7 Å². The Balaban J connectivity index is 1.70. The quantitative estimate of drug-likeness (QED) is 0.560. The van der Waals surface area contributed by atoms with Crippen LogP contribution >= 0.6 is 27.5 Å². The average Bonchev–Trinajstić information content (AvgIpc) is 2.72. The summed E-state index contributed by atoms with van der Waals surface area (Å²) in [5, 5.41) is 0.0883. The highest BCUT2D eigenvalue weighted by atomic mass is 79.9. The molecule has 7 nitrogen and oxygen atoms in total. The molecule has 2 heterocycles. The van der Waals surface area contributed by atoms with E-state index in [4.69, 9.17) is 16.3 Å². The highest BCUT2D eigenvalue weighted by Crippen LogP contribution is 2.36. The van der Waals surface area contributed by atoms with E-state index in [0.29, 0.717) is 0 Å². The van der Waals surface area contributed by atoms with Crippen molar-refractivity contribution in [3.05, 3.63) is 51.1 Å². The van der Waals surface area contributed by atoms with Crippen molar-refractivity contribution in [1.29, 1.82) is 0 Å². The maximum atomic E-state index is 13.3. The van der Waals surface area contributed by atoms with Gasteiger partial charge >= 0.3 is 6.18 Å². The largest absolute Gasteiger partial charge is 0.481 e. The number of benzene rings is 1. The molecule has 1 aromatic carbocycles. The van der Waals surface area contributed by atoms with Crippen LogP contribution in [0, 0.1) is 0 Å². The zero-order valence-electron chi connectivity index (χ0n) is 16.6. The van der Waals surface area contributed by atoms with Crippen LogP contribution in [-0.4, -0.2) is 50.5 Å². The fraction of sp³-hybridized carbons (Fsp3) is 0.368. The van der Waals surface area contributed by atoms with Crippen LogP contribution in [0.3, 0.4) is 0 Å². The summed E-state index contributed by atoms with van der Waals surface area (Å²) in [6.45, 7) is 0.418. The molecule has 1 aliphatic heterocycles. The first kappa shape index (κ1) is 24.7. The van der Waals surface area contributed by atoms with Crippen molar-refractivity contribution in [2.45, 2.75) is 30.0 Å². The monoisotopic (exact) mass is 555 g/mol. The molecule has 3 rings (SSSR count). The van der Waals surface area contributed by atoms with Crippen molar-refractivity contribution in [2.75, 3.05) is 20.2 Å². The van der Waals surface area contributed by atoms with E-state index in [9.17, 15) is 26.4 Å². The second kappa shape index (κ2) is 9.54. The summed E-state index contributed by atoms with van der Waals surface area (Å²) in [6, 6.07) is 5.09. The first-order valence-corrected chi connectivity index (χ1v) is 12.0. The predicted octanol–water partition coefficient (Wildman–Crippen LogP) is 4.11. The van der Waals surface area contributed by atoms with Crippen molar-refractivity contribution in [3.63, 3.8) is 0 Å². The molecule has 0 unspecified atom stereocenters. The number of carbonyl (C=O) groups excluding carboxylic acids is 1. The van der Waals surface area contributed by atoms with E-state index in [0.717, 1.165) is 12.1 Å². The third kappa shape index (κ3) is 5.72. The Morgan fingerprint density at radius 1 is 1.25 bits per heavy atom. The molecule has 0 atom stereocenters. The molecule has 1 saturated heterocycles. The lowest BCUT2D eigenvalue weighted by Gasteiger charge is -2.32. The number of carbonyl (C=O) groups is 1. The van der Waals surface area contributed by atoms with Crippen LogP contribution in [0.2, 0.25) is 5.15 Å². The van der Waals surface area contributed by atoms with Crippen LogP contribution in [-0.2, 0) is 16.2 Å². The Bertz CT molecular complexity index is 1120. The molecule has 1 amide bonds. The van der Waals surface area contributed by atoms with Crippen molar-refractivity contribution in [2.24, 2.45) is 0 Å². The summed E-state index contributed by atoms with van der Waals surface area (Å²) in [5.74, 6) is -0.153. The van der Waals surface area contributed by atoms with Gasteiger partial charge in [0, 0.05) is 35.2 Å². The van der Waals surface area contributed by atoms with Gasteiger partial charge in [-0.05, 0) is 37.1 Å². The zero-order valence-corrected chi connectivity index (χ0v) is 19.8. The van der Waals surface area contributed by atoms with Gasteiger partial charge in [-0.15, -0.1) is 0 Å². The fourth-order valence-corrected chi connectivity index (χ4v) is 5.40. The van der Waals surface area contributed by atoms with Crippen LogP contribution in [0.25, 0.3) is 0 Å². The zero-order chi connectivity index (χ0) is 23.7. The molecule has 1 N–H and O–H groups in total. The Labute approximate surface area is 196 Å². The number of rotatable bonds is 5.